The predicted molar refractivity (Wildman–Crippen MR) is 104 cm³/mol. The second-order valence-electron chi connectivity index (χ2n) is 6.60. The fourth-order valence-corrected chi connectivity index (χ4v) is 3.12. The van der Waals surface area contributed by atoms with Crippen molar-refractivity contribution in [2.75, 3.05) is 18.1 Å². The van der Waals surface area contributed by atoms with Gasteiger partial charge in [-0.15, -0.1) is 5.10 Å². The smallest absolute Gasteiger partial charge is 0.414 e. The van der Waals surface area contributed by atoms with Crippen LogP contribution in [0.4, 0.5) is 10.5 Å². The molecule has 4 aromatic rings. The molecule has 0 spiro atoms. The van der Waals surface area contributed by atoms with E-state index in [9.17, 15) is 4.79 Å². The minimum Gasteiger partial charge on any atom is -0.447 e. The topological polar surface area (TPSA) is 99.2 Å². The highest BCUT2D eigenvalue weighted by Gasteiger charge is 2.24. The van der Waals surface area contributed by atoms with Gasteiger partial charge >= 0.3 is 6.09 Å². The van der Waals surface area contributed by atoms with E-state index in [1.165, 1.54) is 4.80 Å². The Hall–Kier alpha value is -4.01. The number of anilines is 1. The molecular weight excluding hydrogens is 372 g/mol. The van der Waals surface area contributed by atoms with Crippen molar-refractivity contribution in [1.82, 2.24) is 25.1 Å². The molecule has 1 saturated heterocycles. The van der Waals surface area contributed by atoms with E-state index in [-0.39, 0.29) is 12.0 Å². The summed E-state index contributed by atoms with van der Waals surface area (Å²) in [6, 6.07) is 15.2. The monoisotopic (exact) mass is 388 g/mol. The lowest BCUT2D eigenvalue weighted by atomic mass is 10.2. The van der Waals surface area contributed by atoms with Gasteiger partial charge in [-0.05, 0) is 36.8 Å². The summed E-state index contributed by atoms with van der Waals surface area (Å²) < 4.78 is 10.4. The molecule has 144 valence electrons. The number of amides is 1. The Bertz CT molecular complexity index is 1200. The van der Waals surface area contributed by atoms with Crippen LogP contribution >= 0.6 is 0 Å². The second kappa shape index (κ2) is 6.86. The molecule has 1 fully saturated rings. The number of carbonyl (C=O) groups is 1. The summed E-state index contributed by atoms with van der Waals surface area (Å²) in [6.07, 6.45) is 1.22. The SMILES string of the molecule is Cc1cccc(-n2ncc(-c3nc(-c4cccc(N5CCOC5=O)c4)no3)n2)c1. The van der Waals surface area contributed by atoms with Crippen molar-refractivity contribution in [2.24, 2.45) is 0 Å². The van der Waals surface area contributed by atoms with E-state index in [1.807, 2.05) is 55.5 Å². The molecule has 1 aliphatic heterocycles. The van der Waals surface area contributed by atoms with Crippen LogP contribution < -0.4 is 4.90 Å². The highest BCUT2D eigenvalue weighted by molar-refractivity contribution is 5.90. The zero-order valence-corrected chi connectivity index (χ0v) is 15.5. The number of nitrogens with zero attached hydrogens (tertiary/aromatic N) is 6. The molecule has 5 rings (SSSR count). The van der Waals surface area contributed by atoms with Crippen LogP contribution in [-0.4, -0.2) is 44.4 Å². The third-order valence-corrected chi connectivity index (χ3v) is 4.55. The number of ether oxygens (including phenoxy) is 1. The molecular formula is C20H16N6O3. The van der Waals surface area contributed by atoms with Gasteiger partial charge in [-0.25, -0.2) is 4.79 Å². The lowest BCUT2D eigenvalue weighted by Crippen LogP contribution is -2.23. The number of benzene rings is 2. The van der Waals surface area contributed by atoms with Gasteiger partial charge in [0.05, 0.1) is 18.4 Å². The summed E-state index contributed by atoms with van der Waals surface area (Å²) in [7, 11) is 0. The number of aromatic nitrogens is 5. The van der Waals surface area contributed by atoms with Gasteiger partial charge in [0.25, 0.3) is 5.89 Å². The number of rotatable bonds is 4. The Morgan fingerprint density at radius 1 is 1.07 bits per heavy atom. The minimum absolute atomic E-state index is 0.268. The van der Waals surface area contributed by atoms with Crippen molar-refractivity contribution in [3.63, 3.8) is 0 Å². The Kier molecular flexibility index (Phi) is 4.05. The molecule has 0 aliphatic carbocycles. The zero-order valence-electron chi connectivity index (χ0n) is 15.5. The molecule has 1 amide bonds. The Labute approximate surface area is 165 Å². The molecule has 3 heterocycles. The lowest BCUT2D eigenvalue weighted by molar-refractivity contribution is 0.181. The van der Waals surface area contributed by atoms with Gasteiger partial charge in [-0.2, -0.15) is 14.9 Å². The Morgan fingerprint density at radius 2 is 1.93 bits per heavy atom. The molecule has 9 heteroatoms. The van der Waals surface area contributed by atoms with Gasteiger partial charge in [-0.1, -0.05) is 29.4 Å². The van der Waals surface area contributed by atoms with Crippen LogP contribution in [0.15, 0.2) is 59.3 Å². The summed E-state index contributed by atoms with van der Waals surface area (Å²) in [4.78, 5) is 19.3. The first kappa shape index (κ1) is 17.1. The number of aryl methyl sites for hydroxylation is 1. The van der Waals surface area contributed by atoms with Crippen LogP contribution in [0.2, 0.25) is 0 Å². The van der Waals surface area contributed by atoms with Crippen molar-refractivity contribution in [3.05, 3.63) is 60.3 Å². The Balaban J connectivity index is 1.42. The van der Waals surface area contributed by atoms with Gasteiger partial charge in [-0.3, -0.25) is 4.90 Å². The van der Waals surface area contributed by atoms with Crippen LogP contribution in [-0.2, 0) is 4.74 Å². The molecule has 0 saturated carbocycles. The van der Waals surface area contributed by atoms with Crippen molar-refractivity contribution in [1.29, 1.82) is 0 Å². The van der Waals surface area contributed by atoms with E-state index >= 15 is 0 Å². The van der Waals surface area contributed by atoms with Crippen LogP contribution in [0.25, 0.3) is 28.7 Å². The number of hydrogen-bond acceptors (Lipinski definition) is 7. The molecule has 9 nitrogen and oxygen atoms in total. The molecule has 1 aliphatic rings. The van der Waals surface area contributed by atoms with E-state index in [0.29, 0.717) is 24.7 Å². The van der Waals surface area contributed by atoms with Crippen molar-refractivity contribution >= 4 is 11.8 Å². The van der Waals surface area contributed by atoms with Crippen LogP contribution in [0.1, 0.15) is 5.56 Å². The molecule has 0 atom stereocenters. The summed E-state index contributed by atoms with van der Waals surface area (Å²) in [5.41, 5.74) is 3.89. The molecule has 0 bridgehead atoms. The maximum atomic E-state index is 11.8. The van der Waals surface area contributed by atoms with E-state index in [2.05, 4.69) is 20.3 Å². The van der Waals surface area contributed by atoms with Crippen molar-refractivity contribution < 1.29 is 14.1 Å². The highest BCUT2D eigenvalue weighted by atomic mass is 16.6. The summed E-state index contributed by atoms with van der Waals surface area (Å²) in [6.45, 7) is 2.90. The van der Waals surface area contributed by atoms with E-state index < -0.39 is 0 Å². The van der Waals surface area contributed by atoms with Gasteiger partial charge < -0.3 is 9.26 Å². The van der Waals surface area contributed by atoms with E-state index in [0.717, 1.165) is 22.5 Å². The number of cyclic esters (lactones) is 1. The van der Waals surface area contributed by atoms with Crippen LogP contribution in [0.5, 0.6) is 0 Å². The van der Waals surface area contributed by atoms with E-state index in [4.69, 9.17) is 9.26 Å². The first-order valence-electron chi connectivity index (χ1n) is 9.05. The minimum atomic E-state index is -0.358. The number of carbonyl (C=O) groups excluding carboxylic acids is 1. The maximum absolute atomic E-state index is 11.8. The summed E-state index contributed by atoms with van der Waals surface area (Å²) in [5.74, 6) is 0.671. The first-order chi connectivity index (χ1) is 14.2. The second-order valence-corrected chi connectivity index (χ2v) is 6.60. The predicted octanol–water partition coefficient (Wildman–Crippen LogP) is 3.25. The first-order valence-corrected chi connectivity index (χ1v) is 9.05. The van der Waals surface area contributed by atoms with Gasteiger partial charge in [0, 0.05) is 11.3 Å². The average molecular weight is 388 g/mol. The summed E-state index contributed by atoms with van der Waals surface area (Å²) >= 11 is 0. The molecule has 0 unspecified atom stereocenters. The lowest BCUT2D eigenvalue weighted by Gasteiger charge is -2.12. The molecule has 2 aromatic heterocycles. The van der Waals surface area contributed by atoms with Crippen molar-refractivity contribution in [3.8, 4) is 28.7 Å². The third-order valence-electron chi connectivity index (χ3n) is 4.55. The maximum Gasteiger partial charge on any atom is 0.414 e. The van der Waals surface area contributed by atoms with Gasteiger partial charge in [0.15, 0.2) is 5.69 Å². The third kappa shape index (κ3) is 3.22. The fraction of sp³-hybridized carbons (Fsp3) is 0.150. The Morgan fingerprint density at radius 3 is 2.76 bits per heavy atom. The highest BCUT2D eigenvalue weighted by Crippen LogP contribution is 2.26. The largest absolute Gasteiger partial charge is 0.447 e. The number of hydrogen-bond donors (Lipinski definition) is 0. The quantitative estimate of drug-likeness (QED) is 0.529. The molecule has 29 heavy (non-hydrogen) atoms. The van der Waals surface area contributed by atoms with Crippen molar-refractivity contribution in [2.45, 2.75) is 6.92 Å². The standard InChI is InChI=1S/C20H16N6O3/c1-13-4-2-7-16(10-13)26-21-12-17(23-26)19-22-18(24-29-19)14-5-3-6-15(11-14)25-8-9-28-20(25)27/h2-7,10-12H,8-9H2,1H3. The average Bonchev–Trinajstić information content (AvgIpc) is 3.48. The summed E-state index contributed by atoms with van der Waals surface area (Å²) in [5, 5.41) is 12.8. The van der Waals surface area contributed by atoms with Gasteiger partial charge in [0.2, 0.25) is 5.82 Å². The van der Waals surface area contributed by atoms with Crippen LogP contribution in [0.3, 0.4) is 0 Å². The normalized spacial score (nSPS) is 13.7. The fourth-order valence-electron chi connectivity index (χ4n) is 3.12. The van der Waals surface area contributed by atoms with Gasteiger partial charge in [0.1, 0.15) is 6.61 Å². The van der Waals surface area contributed by atoms with E-state index in [1.54, 1.807) is 11.1 Å². The molecule has 0 N–H and O–H groups in total. The van der Waals surface area contributed by atoms with Crippen LogP contribution in [0, 0.1) is 6.92 Å². The zero-order chi connectivity index (χ0) is 19.8. The molecule has 2 aromatic carbocycles. The molecule has 0 radical (unpaired) electrons.